The number of halogens is 1. The third-order valence-electron chi connectivity index (χ3n) is 4.80. The molecule has 3 N–H and O–H groups in total. The summed E-state index contributed by atoms with van der Waals surface area (Å²) in [6.07, 6.45) is 1.42. The van der Waals surface area contributed by atoms with Crippen LogP contribution in [0, 0.1) is 0 Å². The van der Waals surface area contributed by atoms with Crippen molar-refractivity contribution in [1.29, 1.82) is 0 Å². The van der Waals surface area contributed by atoms with Gasteiger partial charge in [-0.1, -0.05) is 23.7 Å². The Kier molecular flexibility index (Phi) is 4.16. The number of hydrogen-bond acceptors (Lipinski definition) is 4. The van der Waals surface area contributed by atoms with Crippen LogP contribution in [0.1, 0.15) is 29.2 Å². The minimum atomic E-state index is -0.120. The lowest BCUT2D eigenvalue weighted by Crippen LogP contribution is -2.40. The first-order valence-corrected chi connectivity index (χ1v) is 8.82. The van der Waals surface area contributed by atoms with Gasteiger partial charge in [0.25, 0.3) is 5.91 Å². The highest BCUT2D eigenvalue weighted by atomic mass is 35.5. The van der Waals surface area contributed by atoms with Crippen LogP contribution in [-0.2, 0) is 0 Å². The maximum atomic E-state index is 12.7. The third-order valence-corrected chi connectivity index (χ3v) is 5.00. The predicted octanol–water partition coefficient (Wildman–Crippen LogP) is 2.44. The summed E-state index contributed by atoms with van der Waals surface area (Å²) in [5, 5.41) is 0.202. The normalized spacial score (nSPS) is 15.5. The molecule has 1 aliphatic rings. The lowest BCUT2D eigenvalue weighted by molar-refractivity contribution is 0.0695. The number of pyridine rings is 1. The second kappa shape index (κ2) is 6.49. The molecule has 1 aliphatic heterocycles. The highest BCUT2D eigenvalue weighted by Crippen LogP contribution is 2.26. The molecule has 0 aliphatic carbocycles. The lowest BCUT2D eigenvalue weighted by atomic mass is 10.0. The number of nitrogens with zero attached hydrogens (tertiary/aromatic N) is 3. The van der Waals surface area contributed by atoms with Gasteiger partial charge in [0.1, 0.15) is 11.0 Å². The molecule has 1 fully saturated rings. The van der Waals surface area contributed by atoms with Crippen LogP contribution in [0.4, 0.5) is 5.82 Å². The largest absolute Gasteiger partial charge is 0.384 e. The molecule has 3 heterocycles. The molecule has 1 amide bonds. The molecule has 4 rings (SSSR count). The van der Waals surface area contributed by atoms with Crippen molar-refractivity contribution in [3.05, 3.63) is 57.6 Å². The van der Waals surface area contributed by atoms with Gasteiger partial charge in [0.05, 0.1) is 11.0 Å². The number of aromatic amines is 1. The molecule has 0 saturated carbocycles. The Bertz CT molecular complexity index is 1010. The zero-order valence-corrected chi connectivity index (χ0v) is 14.7. The number of piperidine rings is 1. The van der Waals surface area contributed by atoms with Gasteiger partial charge in [-0.15, -0.1) is 0 Å². The average molecular weight is 372 g/mol. The standard InChI is InChI=1S/C18H18ClN5O2/c19-15-9-11(10-16(20)22-15)17(25)23-7-5-12(6-8-23)24-14-4-2-1-3-13(14)21-18(24)26/h1-4,9-10,12H,5-8H2,(H2,20,22)(H,21,26). The van der Waals surface area contributed by atoms with Gasteiger partial charge < -0.3 is 15.6 Å². The fraction of sp³-hybridized carbons (Fsp3) is 0.278. The molecule has 26 heavy (non-hydrogen) atoms. The molecule has 8 heteroatoms. The van der Waals surface area contributed by atoms with Gasteiger partial charge in [0.2, 0.25) is 0 Å². The molecule has 134 valence electrons. The fourth-order valence-corrected chi connectivity index (χ4v) is 3.80. The van der Waals surface area contributed by atoms with Crippen LogP contribution in [0.5, 0.6) is 0 Å². The number of carbonyl (C=O) groups excluding carboxylic acids is 1. The number of benzene rings is 1. The molecule has 0 spiro atoms. The van der Waals surface area contributed by atoms with E-state index in [0.717, 1.165) is 11.0 Å². The van der Waals surface area contributed by atoms with Crippen molar-refractivity contribution >= 4 is 34.4 Å². The predicted molar refractivity (Wildman–Crippen MR) is 100 cm³/mol. The van der Waals surface area contributed by atoms with E-state index in [1.54, 1.807) is 9.47 Å². The smallest absolute Gasteiger partial charge is 0.326 e. The Labute approximate surface area is 154 Å². The van der Waals surface area contributed by atoms with Crippen molar-refractivity contribution in [2.75, 3.05) is 18.8 Å². The van der Waals surface area contributed by atoms with Crippen molar-refractivity contribution < 1.29 is 4.79 Å². The number of nitrogens with two attached hydrogens (primary N) is 1. The fourth-order valence-electron chi connectivity index (χ4n) is 3.59. The molecule has 2 aromatic heterocycles. The lowest BCUT2D eigenvalue weighted by Gasteiger charge is -2.32. The number of likely N-dealkylation sites (tertiary alicyclic amines) is 1. The first-order valence-electron chi connectivity index (χ1n) is 8.44. The van der Waals surface area contributed by atoms with Crippen molar-refractivity contribution in [3.63, 3.8) is 0 Å². The van der Waals surface area contributed by atoms with Crippen LogP contribution in [0.2, 0.25) is 5.15 Å². The van der Waals surface area contributed by atoms with Gasteiger partial charge >= 0.3 is 5.69 Å². The molecule has 1 aromatic carbocycles. The number of carbonyl (C=O) groups is 1. The number of rotatable bonds is 2. The summed E-state index contributed by atoms with van der Waals surface area (Å²) in [4.78, 5) is 33.6. The number of anilines is 1. The number of fused-ring (bicyclic) bond motifs is 1. The number of para-hydroxylation sites is 2. The Morgan fingerprint density at radius 2 is 1.96 bits per heavy atom. The van der Waals surface area contributed by atoms with Crippen molar-refractivity contribution in [2.45, 2.75) is 18.9 Å². The van der Waals surface area contributed by atoms with E-state index in [9.17, 15) is 9.59 Å². The maximum Gasteiger partial charge on any atom is 0.326 e. The van der Waals surface area contributed by atoms with Crippen LogP contribution < -0.4 is 11.4 Å². The Hall–Kier alpha value is -2.80. The second-order valence-corrected chi connectivity index (χ2v) is 6.83. The second-order valence-electron chi connectivity index (χ2n) is 6.44. The number of H-pyrrole nitrogens is 1. The zero-order chi connectivity index (χ0) is 18.3. The molecule has 0 bridgehead atoms. The van der Waals surface area contributed by atoms with Crippen molar-refractivity contribution in [2.24, 2.45) is 0 Å². The summed E-state index contributed by atoms with van der Waals surface area (Å²) < 4.78 is 1.80. The molecular formula is C18H18ClN5O2. The topological polar surface area (TPSA) is 97.0 Å². The number of imidazole rings is 1. The Morgan fingerprint density at radius 1 is 1.23 bits per heavy atom. The van der Waals surface area contributed by atoms with Crippen molar-refractivity contribution in [3.8, 4) is 0 Å². The molecule has 0 atom stereocenters. The molecule has 7 nitrogen and oxygen atoms in total. The van der Waals surface area contributed by atoms with E-state index in [1.165, 1.54) is 12.1 Å². The summed E-state index contributed by atoms with van der Waals surface area (Å²) in [7, 11) is 0. The summed E-state index contributed by atoms with van der Waals surface area (Å²) in [5.74, 6) is 0.104. The van der Waals surface area contributed by atoms with E-state index >= 15 is 0 Å². The average Bonchev–Trinajstić information content (AvgIpc) is 2.96. The number of hydrogen-bond donors (Lipinski definition) is 2. The van der Waals surface area contributed by atoms with E-state index in [2.05, 4.69) is 9.97 Å². The number of nitrogen functional groups attached to an aromatic ring is 1. The minimum Gasteiger partial charge on any atom is -0.384 e. The number of nitrogens with one attached hydrogen (secondary N) is 1. The molecule has 1 saturated heterocycles. The highest BCUT2D eigenvalue weighted by Gasteiger charge is 2.27. The van der Waals surface area contributed by atoms with E-state index in [1.807, 2.05) is 24.3 Å². The van der Waals surface area contributed by atoms with Crippen molar-refractivity contribution in [1.82, 2.24) is 19.4 Å². The number of amides is 1. The Balaban J connectivity index is 1.53. The SMILES string of the molecule is Nc1cc(C(=O)N2CCC(n3c(=O)[nH]c4ccccc43)CC2)cc(Cl)n1. The summed E-state index contributed by atoms with van der Waals surface area (Å²) in [6.45, 7) is 1.13. The van der Waals surface area contributed by atoms with Gasteiger partial charge in [-0.05, 0) is 37.1 Å². The van der Waals surface area contributed by atoms with Gasteiger partial charge in [0.15, 0.2) is 0 Å². The molecule has 3 aromatic rings. The first kappa shape index (κ1) is 16.7. The third kappa shape index (κ3) is 2.94. The van der Waals surface area contributed by atoms with Crippen LogP contribution in [0.3, 0.4) is 0 Å². The van der Waals surface area contributed by atoms with E-state index in [-0.39, 0.29) is 28.6 Å². The maximum absolute atomic E-state index is 12.7. The number of aromatic nitrogens is 3. The summed E-state index contributed by atoms with van der Waals surface area (Å²) in [5.41, 5.74) is 7.73. The van der Waals surface area contributed by atoms with Crippen LogP contribution >= 0.6 is 11.6 Å². The van der Waals surface area contributed by atoms with Crippen LogP contribution in [0.15, 0.2) is 41.2 Å². The van der Waals surface area contributed by atoms with Crippen LogP contribution in [0.25, 0.3) is 11.0 Å². The molecule has 0 radical (unpaired) electrons. The minimum absolute atomic E-state index is 0.0637. The van der Waals surface area contributed by atoms with Gasteiger partial charge in [-0.25, -0.2) is 9.78 Å². The highest BCUT2D eigenvalue weighted by molar-refractivity contribution is 6.29. The van der Waals surface area contributed by atoms with E-state index < -0.39 is 0 Å². The van der Waals surface area contributed by atoms with E-state index in [4.69, 9.17) is 17.3 Å². The summed E-state index contributed by atoms with van der Waals surface area (Å²) >= 11 is 5.89. The van der Waals surface area contributed by atoms with Gasteiger partial charge in [0, 0.05) is 24.7 Å². The summed E-state index contributed by atoms with van der Waals surface area (Å²) in [6, 6.07) is 10.8. The van der Waals surface area contributed by atoms with Gasteiger partial charge in [-0.3, -0.25) is 9.36 Å². The Morgan fingerprint density at radius 3 is 2.69 bits per heavy atom. The quantitative estimate of drug-likeness (QED) is 0.676. The zero-order valence-electron chi connectivity index (χ0n) is 14.0. The van der Waals surface area contributed by atoms with Gasteiger partial charge in [-0.2, -0.15) is 0 Å². The van der Waals surface area contributed by atoms with E-state index in [0.29, 0.717) is 31.5 Å². The van der Waals surface area contributed by atoms with Crippen LogP contribution in [-0.4, -0.2) is 38.4 Å². The monoisotopic (exact) mass is 371 g/mol. The molecular weight excluding hydrogens is 354 g/mol. The molecule has 0 unspecified atom stereocenters. The first-order chi connectivity index (χ1) is 12.5.